The fourth-order valence-electron chi connectivity index (χ4n) is 4.01. The third-order valence-corrected chi connectivity index (χ3v) is 5.22. The van der Waals surface area contributed by atoms with E-state index in [-0.39, 0.29) is 12.2 Å². The highest BCUT2D eigenvalue weighted by Crippen LogP contribution is 2.39. The number of fused-ring (bicyclic) bond motifs is 1. The number of benzene rings is 2. The predicted molar refractivity (Wildman–Crippen MR) is 123 cm³/mol. The van der Waals surface area contributed by atoms with Crippen LogP contribution in [0, 0.1) is 13.8 Å². The van der Waals surface area contributed by atoms with E-state index in [1.165, 1.54) is 5.56 Å². The van der Waals surface area contributed by atoms with E-state index in [1.807, 2.05) is 39.8 Å². The van der Waals surface area contributed by atoms with Gasteiger partial charge in [-0.15, -0.1) is 0 Å². The summed E-state index contributed by atoms with van der Waals surface area (Å²) in [7, 11) is 0. The van der Waals surface area contributed by atoms with Gasteiger partial charge in [0.05, 0.1) is 17.7 Å². The molecule has 0 amide bonds. The number of aryl methyl sites for hydroxylation is 2. The van der Waals surface area contributed by atoms with E-state index in [9.17, 15) is 9.90 Å². The minimum atomic E-state index is -0.486. The molecule has 0 aliphatic heterocycles. The van der Waals surface area contributed by atoms with Crippen molar-refractivity contribution >= 4 is 10.9 Å². The van der Waals surface area contributed by atoms with E-state index in [4.69, 9.17) is 10.5 Å². The molecule has 0 saturated heterocycles. The van der Waals surface area contributed by atoms with Gasteiger partial charge in [-0.05, 0) is 69.0 Å². The largest absolute Gasteiger partial charge is 0.393 e. The highest BCUT2D eigenvalue weighted by molar-refractivity contribution is 5.98. The molecule has 3 N–H and O–H groups in total. The van der Waals surface area contributed by atoms with Crippen LogP contribution in [0.1, 0.15) is 43.6 Å². The van der Waals surface area contributed by atoms with Crippen LogP contribution < -0.4 is 11.3 Å². The molecule has 0 spiro atoms. The number of aliphatic hydroxyl groups is 1. The Morgan fingerprint density at radius 1 is 1.10 bits per heavy atom. The van der Waals surface area contributed by atoms with Gasteiger partial charge in [-0.3, -0.25) is 4.79 Å². The fraction of sp³-hybridized carbons (Fsp3) is 0.400. The monoisotopic (exact) mass is 408 g/mol. The molecule has 0 unspecified atom stereocenters. The zero-order valence-corrected chi connectivity index (χ0v) is 18.5. The quantitative estimate of drug-likeness (QED) is 0.644. The number of nitrogens with zero attached hydrogens (tertiary/aromatic N) is 1. The smallest absolute Gasteiger partial charge is 0.251 e. The van der Waals surface area contributed by atoms with Crippen LogP contribution in [0.4, 0.5) is 0 Å². The Morgan fingerprint density at radius 2 is 1.77 bits per heavy atom. The van der Waals surface area contributed by atoms with E-state index in [1.54, 1.807) is 10.6 Å². The molecule has 3 aromatic rings. The maximum atomic E-state index is 12.5. The standard InChI is InChI=1S/C25H32N2O3/c1-16-6-8-18(9-7-16)24-19-10-11-22(29)27(13-12-26)20(19)14-17(2)23(24)21(15-28)30-25(3,4)5/h6-11,14,21,28H,12-13,15,26H2,1-5H3/t21-/m1/s1. The Morgan fingerprint density at radius 3 is 2.33 bits per heavy atom. The van der Waals surface area contributed by atoms with Gasteiger partial charge in [0.15, 0.2) is 0 Å². The molecule has 5 nitrogen and oxygen atoms in total. The number of hydrogen-bond donors (Lipinski definition) is 2. The summed E-state index contributed by atoms with van der Waals surface area (Å²) in [6.45, 7) is 10.7. The van der Waals surface area contributed by atoms with Gasteiger partial charge in [0.2, 0.25) is 0 Å². The van der Waals surface area contributed by atoms with E-state index in [2.05, 4.69) is 31.2 Å². The molecule has 2 aromatic carbocycles. The number of hydrogen-bond acceptors (Lipinski definition) is 4. The summed E-state index contributed by atoms with van der Waals surface area (Å²) in [5, 5.41) is 11.2. The topological polar surface area (TPSA) is 77.5 Å². The van der Waals surface area contributed by atoms with Gasteiger partial charge >= 0.3 is 0 Å². The Balaban J connectivity index is 2.42. The Bertz CT molecular complexity index is 1090. The van der Waals surface area contributed by atoms with Gasteiger partial charge in [0.1, 0.15) is 6.10 Å². The van der Waals surface area contributed by atoms with Crippen LogP contribution in [0.3, 0.4) is 0 Å². The van der Waals surface area contributed by atoms with Crippen LogP contribution >= 0.6 is 0 Å². The van der Waals surface area contributed by atoms with Crippen molar-refractivity contribution in [3.63, 3.8) is 0 Å². The number of pyridine rings is 1. The first-order chi connectivity index (χ1) is 14.2. The highest BCUT2D eigenvalue weighted by atomic mass is 16.5. The van der Waals surface area contributed by atoms with E-state index in [0.29, 0.717) is 13.1 Å². The van der Waals surface area contributed by atoms with Crippen molar-refractivity contribution in [1.82, 2.24) is 4.57 Å². The first kappa shape index (κ1) is 22.2. The van der Waals surface area contributed by atoms with Gasteiger partial charge < -0.3 is 20.1 Å². The van der Waals surface area contributed by atoms with Crippen LogP contribution in [-0.4, -0.2) is 28.4 Å². The molecule has 0 fully saturated rings. The fourth-order valence-corrected chi connectivity index (χ4v) is 4.01. The van der Waals surface area contributed by atoms with Crippen molar-refractivity contribution in [3.8, 4) is 11.1 Å². The van der Waals surface area contributed by atoms with E-state index >= 15 is 0 Å². The molecule has 5 heteroatoms. The molecule has 1 heterocycles. The molecule has 0 aliphatic carbocycles. The highest BCUT2D eigenvalue weighted by Gasteiger charge is 2.26. The molecule has 3 rings (SSSR count). The predicted octanol–water partition coefficient (Wildman–Crippen LogP) is 4.09. The van der Waals surface area contributed by atoms with Crippen LogP contribution in [0.5, 0.6) is 0 Å². The zero-order valence-electron chi connectivity index (χ0n) is 18.5. The maximum Gasteiger partial charge on any atom is 0.251 e. The average molecular weight is 409 g/mol. The number of rotatable bonds is 6. The molecular weight excluding hydrogens is 376 g/mol. The molecule has 30 heavy (non-hydrogen) atoms. The normalized spacial score (nSPS) is 13.0. The molecule has 0 bridgehead atoms. The summed E-state index contributed by atoms with van der Waals surface area (Å²) in [5.41, 5.74) is 11.2. The summed E-state index contributed by atoms with van der Waals surface area (Å²) in [5.74, 6) is 0. The summed E-state index contributed by atoms with van der Waals surface area (Å²) in [6, 6.07) is 13.8. The Kier molecular flexibility index (Phi) is 6.46. The van der Waals surface area contributed by atoms with Crippen molar-refractivity contribution in [2.75, 3.05) is 13.2 Å². The lowest BCUT2D eigenvalue weighted by Gasteiger charge is -2.30. The summed E-state index contributed by atoms with van der Waals surface area (Å²) < 4.78 is 7.98. The van der Waals surface area contributed by atoms with Gasteiger partial charge in [-0.2, -0.15) is 0 Å². The molecule has 0 aliphatic rings. The maximum absolute atomic E-state index is 12.5. The third kappa shape index (κ3) is 4.48. The second-order valence-electron chi connectivity index (χ2n) is 8.79. The minimum Gasteiger partial charge on any atom is -0.393 e. The zero-order chi connectivity index (χ0) is 22.1. The average Bonchev–Trinajstić information content (AvgIpc) is 2.68. The van der Waals surface area contributed by atoms with E-state index in [0.717, 1.165) is 33.2 Å². The van der Waals surface area contributed by atoms with Crippen LogP contribution in [0.2, 0.25) is 0 Å². The van der Waals surface area contributed by atoms with Crippen molar-refractivity contribution in [2.24, 2.45) is 5.73 Å². The van der Waals surface area contributed by atoms with Crippen molar-refractivity contribution in [1.29, 1.82) is 0 Å². The third-order valence-electron chi connectivity index (χ3n) is 5.22. The van der Waals surface area contributed by atoms with Crippen LogP contribution in [-0.2, 0) is 11.3 Å². The Hall–Kier alpha value is -2.47. The molecule has 1 atom stereocenters. The van der Waals surface area contributed by atoms with Crippen molar-refractivity contribution in [3.05, 3.63) is 69.5 Å². The lowest BCUT2D eigenvalue weighted by molar-refractivity contribution is -0.0821. The van der Waals surface area contributed by atoms with Gasteiger partial charge in [-0.1, -0.05) is 29.8 Å². The lowest BCUT2D eigenvalue weighted by Crippen LogP contribution is -2.26. The SMILES string of the molecule is Cc1ccc(-c2c([C@@H](CO)OC(C)(C)C)c(C)cc3c2ccc(=O)n3CCN)cc1. The van der Waals surface area contributed by atoms with Gasteiger partial charge in [0.25, 0.3) is 5.56 Å². The lowest BCUT2D eigenvalue weighted by atomic mass is 9.88. The van der Waals surface area contributed by atoms with Crippen LogP contribution in [0.15, 0.2) is 47.3 Å². The van der Waals surface area contributed by atoms with E-state index < -0.39 is 11.7 Å². The second-order valence-corrected chi connectivity index (χ2v) is 8.79. The first-order valence-electron chi connectivity index (χ1n) is 10.4. The van der Waals surface area contributed by atoms with Gasteiger partial charge in [0, 0.05) is 24.5 Å². The number of ether oxygens (including phenoxy) is 1. The molecule has 0 saturated carbocycles. The summed E-state index contributed by atoms with van der Waals surface area (Å²) >= 11 is 0. The molecule has 0 radical (unpaired) electrons. The van der Waals surface area contributed by atoms with Crippen molar-refractivity contribution in [2.45, 2.75) is 52.9 Å². The number of aromatic nitrogens is 1. The van der Waals surface area contributed by atoms with Gasteiger partial charge in [-0.25, -0.2) is 0 Å². The molecule has 1 aromatic heterocycles. The molecular formula is C25H32N2O3. The van der Waals surface area contributed by atoms with Crippen molar-refractivity contribution < 1.29 is 9.84 Å². The molecule has 160 valence electrons. The number of nitrogens with two attached hydrogens (primary N) is 1. The number of aliphatic hydroxyl groups excluding tert-OH is 1. The first-order valence-corrected chi connectivity index (χ1v) is 10.4. The minimum absolute atomic E-state index is 0.0698. The van der Waals surface area contributed by atoms with Crippen LogP contribution in [0.25, 0.3) is 22.0 Å². The summed E-state index contributed by atoms with van der Waals surface area (Å²) in [6.07, 6.45) is -0.486. The Labute approximate surface area is 178 Å². The summed E-state index contributed by atoms with van der Waals surface area (Å²) in [4.78, 5) is 12.5. The second kappa shape index (κ2) is 8.72.